The van der Waals surface area contributed by atoms with Crippen molar-refractivity contribution in [2.45, 2.75) is 30.5 Å². The summed E-state index contributed by atoms with van der Waals surface area (Å²) in [7, 11) is 0. The summed E-state index contributed by atoms with van der Waals surface area (Å²) in [6.07, 6.45) is 6.00. The van der Waals surface area contributed by atoms with E-state index in [1.54, 1.807) is 65.8 Å². The Hall–Kier alpha value is -4.58. The number of carbonyl (C=O) groups excluding carboxylic acids is 3. The van der Waals surface area contributed by atoms with E-state index in [1.807, 2.05) is 0 Å². The third-order valence-electron chi connectivity index (χ3n) is 7.94. The van der Waals surface area contributed by atoms with Gasteiger partial charge in [-0.25, -0.2) is 0 Å². The van der Waals surface area contributed by atoms with Crippen LogP contribution in [0.5, 0.6) is 11.5 Å². The van der Waals surface area contributed by atoms with Gasteiger partial charge in [0.05, 0.1) is 21.8 Å². The maximum Gasteiger partial charge on any atom is 0.262 e. The highest BCUT2D eigenvalue weighted by Crippen LogP contribution is 2.49. The van der Waals surface area contributed by atoms with Gasteiger partial charge in [-0.05, 0) is 60.4 Å². The zero-order valence-corrected chi connectivity index (χ0v) is 23.5. The molecule has 0 bridgehead atoms. The van der Waals surface area contributed by atoms with Gasteiger partial charge in [-0.2, -0.15) is 0 Å². The fourth-order valence-corrected chi connectivity index (χ4v) is 7.05. The maximum atomic E-state index is 14.0. The van der Waals surface area contributed by atoms with Crippen LogP contribution in [0.3, 0.4) is 0 Å². The second-order valence-electron chi connectivity index (χ2n) is 10.5. The second-order valence-corrected chi connectivity index (χ2v) is 11.5. The van der Waals surface area contributed by atoms with Crippen LogP contribution >= 0.6 is 11.3 Å². The molecule has 1 aliphatic carbocycles. The Bertz CT molecular complexity index is 1720. The van der Waals surface area contributed by atoms with Crippen LogP contribution < -0.4 is 27.3 Å². The Morgan fingerprint density at radius 2 is 1.95 bits per heavy atom. The third-order valence-corrected chi connectivity index (χ3v) is 9.20. The van der Waals surface area contributed by atoms with Crippen LogP contribution in [0.25, 0.3) is 10.1 Å². The van der Waals surface area contributed by atoms with Crippen LogP contribution in [-0.2, 0) is 15.1 Å². The number of hydrogen-bond acceptors (Lipinski definition) is 9. The number of carbonyl (C=O) groups is 3. The van der Waals surface area contributed by atoms with Gasteiger partial charge in [-0.15, -0.1) is 11.3 Å². The summed E-state index contributed by atoms with van der Waals surface area (Å²) < 4.78 is 6.50. The lowest BCUT2D eigenvalue weighted by Crippen LogP contribution is -2.53. The molecule has 1 saturated heterocycles. The number of amides is 2. The van der Waals surface area contributed by atoms with Gasteiger partial charge in [0.25, 0.3) is 5.91 Å². The zero-order chi connectivity index (χ0) is 29.6. The van der Waals surface area contributed by atoms with Crippen molar-refractivity contribution in [2.24, 2.45) is 11.5 Å². The molecule has 214 valence electrons. The zero-order valence-electron chi connectivity index (χ0n) is 22.7. The Balaban J connectivity index is 1.36. The lowest BCUT2D eigenvalue weighted by atomic mass is 9.70. The number of likely N-dealkylation sites (tertiary alicyclic amines) is 1. The molecule has 2 aliphatic rings. The average molecular weight is 583 g/mol. The first-order valence-corrected chi connectivity index (χ1v) is 14.4. The fourth-order valence-electron chi connectivity index (χ4n) is 5.85. The van der Waals surface area contributed by atoms with E-state index < -0.39 is 17.4 Å². The smallest absolute Gasteiger partial charge is 0.262 e. The maximum absolute atomic E-state index is 14.0. The number of anilines is 1. The number of thiophene rings is 1. The molecule has 3 unspecified atom stereocenters. The number of benzene rings is 2. The molecular weight excluding hydrogens is 552 g/mol. The number of piperidine rings is 1. The summed E-state index contributed by atoms with van der Waals surface area (Å²) in [6, 6.07) is 12.5. The topological polar surface area (TPSA) is 167 Å². The molecule has 0 spiro atoms. The summed E-state index contributed by atoms with van der Waals surface area (Å²) in [5.41, 5.74) is 20.3. The molecule has 10 nitrogen and oxygen atoms in total. The summed E-state index contributed by atoms with van der Waals surface area (Å²) in [5.74, 6) is 0.156. The molecule has 2 amide bonds. The normalized spacial score (nSPS) is 21.7. The van der Waals surface area contributed by atoms with Crippen molar-refractivity contribution in [1.29, 1.82) is 0 Å². The van der Waals surface area contributed by atoms with Crippen molar-refractivity contribution < 1.29 is 19.1 Å². The molecule has 11 heteroatoms. The van der Waals surface area contributed by atoms with E-state index in [0.29, 0.717) is 61.9 Å². The summed E-state index contributed by atoms with van der Waals surface area (Å²) in [5, 5.41) is 3.67. The molecule has 42 heavy (non-hydrogen) atoms. The first kappa shape index (κ1) is 27.6. The van der Waals surface area contributed by atoms with E-state index in [9.17, 15) is 14.4 Å². The molecule has 7 N–H and O–H groups in total. The minimum atomic E-state index is -1.57. The largest absolute Gasteiger partial charge is 0.456 e. The highest BCUT2D eigenvalue weighted by Gasteiger charge is 2.48. The number of rotatable bonds is 6. The standard InChI is InChI=1S/C31H30N6O4S/c1-2-23(38)37-14-4-5-18(16-37)36-30(40)28-25-24-21(11-12-22(32)27(24)42-28)31(34,29(39)26(25)33)17-7-9-19(10-8-17)41-20-6-3-13-35-15-20/h2-3,6-13,15,18,26H,1,4-5,14,16,32-34H2,(H,36,40). The van der Waals surface area contributed by atoms with Crippen LogP contribution in [0, 0.1) is 0 Å². The molecule has 6 rings (SSSR count). The van der Waals surface area contributed by atoms with Gasteiger partial charge in [0, 0.05) is 42.0 Å². The molecule has 3 atom stereocenters. The van der Waals surface area contributed by atoms with E-state index in [-0.39, 0.29) is 17.9 Å². The van der Waals surface area contributed by atoms with E-state index in [2.05, 4.69) is 16.9 Å². The monoisotopic (exact) mass is 582 g/mol. The number of ketones is 1. The van der Waals surface area contributed by atoms with Gasteiger partial charge >= 0.3 is 0 Å². The van der Waals surface area contributed by atoms with E-state index in [4.69, 9.17) is 21.9 Å². The summed E-state index contributed by atoms with van der Waals surface area (Å²) >= 11 is 1.20. The lowest BCUT2D eigenvalue weighted by molar-refractivity contribution is -0.127. The molecule has 3 heterocycles. The number of Topliss-reactive ketones (excluding diaryl/α,β-unsaturated/α-hetero) is 1. The Morgan fingerprint density at radius 3 is 2.67 bits per heavy atom. The number of aromatic nitrogens is 1. The molecule has 0 saturated carbocycles. The fraction of sp³-hybridized carbons (Fsp3) is 0.226. The highest BCUT2D eigenvalue weighted by atomic mass is 32.1. The van der Waals surface area contributed by atoms with Gasteiger partial charge in [0.1, 0.15) is 17.0 Å². The number of nitrogens with one attached hydrogen (secondary N) is 1. The van der Waals surface area contributed by atoms with Crippen LogP contribution in [0.4, 0.5) is 5.69 Å². The predicted octanol–water partition coefficient (Wildman–Crippen LogP) is 3.36. The minimum Gasteiger partial charge on any atom is -0.456 e. The summed E-state index contributed by atoms with van der Waals surface area (Å²) in [4.78, 5) is 45.8. The minimum absolute atomic E-state index is 0.174. The van der Waals surface area contributed by atoms with Crippen LogP contribution in [0.2, 0.25) is 0 Å². The summed E-state index contributed by atoms with van der Waals surface area (Å²) in [6.45, 7) is 4.54. The van der Waals surface area contributed by atoms with Gasteiger partial charge < -0.3 is 32.2 Å². The second kappa shape index (κ2) is 10.7. The van der Waals surface area contributed by atoms with Crippen LogP contribution in [0.1, 0.15) is 45.2 Å². The van der Waals surface area contributed by atoms with Crippen molar-refractivity contribution in [3.05, 3.63) is 95.1 Å². The molecule has 4 aromatic rings. The average Bonchev–Trinajstić information content (AvgIpc) is 3.42. The number of hydrogen-bond donors (Lipinski definition) is 4. The number of nitrogens with zero attached hydrogens (tertiary/aromatic N) is 2. The molecule has 1 aliphatic heterocycles. The van der Waals surface area contributed by atoms with Gasteiger partial charge in [0.15, 0.2) is 5.78 Å². The van der Waals surface area contributed by atoms with E-state index in [0.717, 1.165) is 12.8 Å². The van der Waals surface area contributed by atoms with Crippen molar-refractivity contribution in [3.8, 4) is 11.5 Å². The Kier molecular flexibility index (Phi) is 7.01. The quantitative estimate of drug-likeness (QED) is 0.198. The molecule has 2 aromatic carbocycles. The third kappa shape index (κ3) is 4.51. The first-order chi connectivity index (χ1) is 20.2. The number of pyridine rings is 1. The molecule has 2 aromatic heterocycles. The molecule has 1 fully saturated rings. The SMILES string of the molecule is C=CC(=O)N1CCCC(NC(=O)c2sc3c(N)ccc4c3c2C(N)C(=O)C4(N)c2ccc(Oc3cccnc3)cc2)C1. The van der Waals surface area contributed by atoms with Crippen LogP contribution in [-0.4, -0.2) is 46.6 Å². The number of nitrogens with two attached hydrogens (primary N) is 3. The lowest BCUT2D eigenvalue weighted by Gasteiger charge is -2.36. The Morgan fingerprint density at radius 1 is 1.17 bits per heavy atom. The van der Waals surface area contributed by atoms with E-state index in [1.165, 1.54) is 17.4 Å². The number of ether oxygens (including phenoxy) is 1. The van der Waals surface area contributed by atoms with E-state index >= 15 is 0 Å². The number of nitrogen functional groups attached to an aromatic ring is 1. The van der Waals surface area contributed by atoms with Crippen LogP contribution in [0.15, 0.2) is 73.6 Å². The van der Waals surface area contributed by atoms with Gasteiger partial charge in [-0.1, -0.05) is 24.8 Å². The molecular formula is C31H30N6O4S. The van der Waals surface area contributed by atoms with Gasteiger partial charge in [-0.3, -0.25) is 19.4 Å². The van der Waals surface area contributed by atoms with Gasteiger partial charge in [0.2, 0.25) is 5.91 Å². The van der Waals surface area contributed by atoms with Crippen molar-refractivity contribution in [3.63, 3.8) is 0 Å². The highest BCUT2D eigenvalue weighted by molar-refractivity contribution is 7.21. The molecule has 0 radical (unpaired) electrons. The van der Waals surface area contributed by atoms with Crippen molar-refractivity contribution >= 4 is 44.7 Å². The first-order valence-electron chi connectivity index (χ1n) is 13.6. The van der Waals surface area contributed by atoms with Crippen molar-refractivity contribution in [1.82, 2.24) is 15.2 Å². The van der Waals surface area contributed by atoms with Crippen molar-refractivity contribution in [2.75, 3.05) is 18.8 Å². The Labute approximate surface area is 246 Å². The predicted molar refractivity (Wildman–Crippen MR) is 161 cm³/mol.